The van der Waals surface area contributed by atoms with Crippen molar-refractivity contribution in [1.82, 2.24) is 15.3 Å². The number of H-pyrrole nitrogens is 1. The van der Waals surface area contributed by atoms with Gasteiger partial charge in [-0.25, -0.2) is 4.98 Å². The molecule has 0 radical (unpaired) electrons. The first-order chi connectivity index (χ1) is 11.7. The van der Waals surface area contributed by atoms with E-state index in [9.17, 15) is 4.79 Å². The van der Waals surface area contributed by atoms with Crippen LogP contribution in [0.1, 0.15) is 43.5 Å². The maximum atomic E-state index is 12.1. The van der Waals surface area contributed by atoms with E-state index >= 15 is 0 Å². The monoisotopic (exact) mass is 327 g/mol. The van der Waals surface area contributed by atoms with Crippen molar-refractivity contribution in [2.75, 3.05) is 6.61 Å². The van der Waals surface area contributed by atoms with Crippen LogP contribution in [-0.2, 0) is 16.1 Å². The average Bonchev–Trinajstić information content (AvgIpc) is 3.24. The molecule has 1 amide bonds. The van der Waals surface area contributed by atoms with E-state index < -0.39 is 0 Å². The molecule has 2 saturated carbocycles. The largest absolute Gasteiger partial charge is 0.364 e. The van der Waals surface area contributed by atoms with Crippen LogP contribution in [0.3, 0.4) is 0 Å². The molecule has 128 valence electrons. The van der Waals surface area contributed by atoms with Crippen LogP contribution in [0.4, 0.5) is 0 Å². The zero-order valence-electron chi connectivity index (χ0n) is 14.2. The molecule has 1 heterocycles. The predicted octanol–water partition coefficient (Wildman–Crippen LogP) is 3.08. The van der Waals surface area contributed by atoms with Gasteiger partial charge in [0.2, 0.25) is 5.91 Å². The van der Waals surface area contributed by atoms with E-state index in [0.29, 0.717) is 18.6 Å². The van der Waals surface area contributed by atoms with E-state index in [2.05, 4.69) is 15.3 Å². The molecule has 2 fully saturated rings. The molecule has 2 aromatic rings. The summed E-state index contributed by atoms with van der Waals surface area (Å²) in [6, 6.07) is 6.41. The van der Waals surface area contributed by atoms with Crippen molar-refractivity contribution in [3.8, 4) is 0 Å². The minimum absolute atomic E-state index is 0.000147. The Morgan fingerprint density at radius 2 is 2.25 bits per heavy atom. The van der Waals surface area contributed by atoms with Gasteiger partial charge < -0.3 is 15.0 Å². The molecular weight excluding hydrogens is 302 g/mol. The fourth-order valence-electron chi connectivity index (χ4n) is 4.52. The van der Waals surface area contributed by atoms with Crippen LogP contribution in [0, 0.1) is 18.8 Å². The summed E-state index contributed by atoms with van der Waals surface area (Å²) >= 11 is 0. The zero-order valence-corrected chi connectivity index (χ0v) is 14.2. The summed E-state index contributed by atoms with van der Waals surface area (Å²) in [5.74, 6) is 2.31. The van der Waals surface area contributed by atoms with Gasteiger partial charge in [-0.05, 0) is 49.7 Å². The Kier molecular flexibility index (Phi) is 4.27. The van der Waals surface area contributed by atoms with Crippen molar-refractivity contribution in [1.29, 1.82) is 0 Å². The fourth-order valence-corrected chi connectivity index (χ4v) is 4.52. The van der Waals surface area contributed by atoms with Crippen LogP contribution >= 0.6 is 0 Å². The van der Waals surface area contributed by atoms with Gasteiger partial charge in [-0.15, -0.1) is 0 Å². The molecule has 24 heavy (non-hydrogen) atoms. The van der Waals surface area contributed by atoms with Crippen LogP contribution in [0.5, 0.6) is 0 Å². The lowest BCUT2D eigenvalue weighted by Crippen LogP contribution is -2.39. The maximum absolute atomic E-state index is 12.1. The van der Waals surface area contributed by atoms with E-state index in [1.165, 1.54) is 25.7 Å². The molecule has 0 bridgehead atoms. The highest BCUT2D eigenvalue weighted by Gasteiger charge is 2.39. The number of aromatic nitrogens is 2. The Labute approximate surface area is 142 Å². The number of nitrogens with one attached hydrogen (secondary N) is 2. The molecular formula is C19H25N3O2. The average molecular weight is 327 g/mol. The molecule has 0 unspecified atom stereocenters. The van der Waals surface area contributed by atoms with E-state index in [0.717, 1.165) is 34.8 Å². The van der Waals surface area contributed by atoms with Crippen molar-refractivity contribution in [3.63, 3.8) is 0 Å². The highest BCUT2D eigenvalue weighted by Crippen LogP contribution is 2.43. The molecule has 0 aliphatic heterocycles. The number of nitrogens with zero attached hydrogens (tertiary/aromatic N) is 1. The number of imidazole rings is 1. The van der Waals surface area contributed by atoms with Gasteiger partial charge >= 0.3 is 0 Å². The van der Waals surface area contributed by atoms with Gasteiger partial charge in [-0.1, -0.05) is 25.0 Å². The van der Waals surface area contributed by atoms with Crippen LogP contribution < -0.4 is 5.32 Å². The summed E-state index contributed by atoms with van der Waals surface area (Å²) in [7, 11) is 0. The van der Waals surface area contributed by atoms with Gasteiger partial charge in [0.1, 0.15) is 19.0 Å². The highest BCUT2D eigenvalue weighted by atomic mass is 16.5. The Bertz CT molecular complexity index is 739. The van der Waals surface area contributed by atoms with Crippen molar-refractivity contribution >= 4 is 16.9 Å². The quantitative estimate of drug-likeness (QED) is 0.887. The first-order valence-electron chi connectivity index (χ1n) is 9.02. The Morgan fingerprint density at radius 3 is 3.12 bits per heavy atom. The number of aromatic amines is 1. The van der Waals surface area contributed by atoms with Gasteiger partial charge in [0.15, 0.2) is 0 Å². The Hall–Kier alpha value is -1.88. The Morgan fingerprint density at radius 1 is 1.33 bits per heavy atom. The molecule has 0 spiro atoms. The van der Waals surface area contributed by atoms with E-state index in [1.54, 1.807) is 0 Å². The number of para-hydroxylation sites is 1. The third kappa shape index (κ3) is 3.05. The minimum Gasteiger partial charge on any atom is -0.364 e. The topological polar surface area (TPSA) is 67.0 Å². The smallest absolute Gasteiger partial charge is 0.246 e. The second-order valence-electron chi connectivity index (χ2n) is 7.25. The lowest BCUT2D eigenvalue weighted by atomic mass is 9.98. The maximum Gasteiger partial charge on any atom is 0.246 e. The lowest BCUT2D eigenvalue weighted by Gasteiger charge is -2.19. The van der Waals surface area contributed by atoms with Crippen molar-refractivity contribution in [2.45, 2.75) is 51.7 Å². The number of ether oxygens (including phenoxy) is 1. The summed E-state index contributed by atoms with van der Waals surface area (Å²) in [5, 5.41) is 3.18. The molecule has 4 rings (SSSR count). The molecule has 1 aromatic heterocycles. The van der Waals surface area contributed by atoms with Crippen molar-refractivity contribution < 1.29 is 9.53 Å². The third-order valence-electron chi connectivity index (χ3n) is 5.66. The van der Waals surface area contributed by atoms with E-state index in [-0.39, 0.29) is 12.5 Å². The molecule has 2 aliphatic rings. The number of amides is 1. The number of hydrogen-bond donors (Lipinski definition) is 2. The van der Waals surface area contributed by atoms with Gasteiger partial charge in [0.05, 0.1) is 11.0 Å². The van der Waals surface area contributed by atoms with Gasteiger partial charge in [-0.3, -0.25) is 4.79 Å². The van der Waals surface area contributed by atoms with Crippen LogP contribution in [0.25, 0.3) is 11.0 Å². The second-order valence-corrected chi connectivity index (χ2v) is 7.25. The number of benzene rings is 1. The Balaban J connectivity index is 1.27. The third-order valence-corrected chi connectivity index (χ3v) is 5.66. The minimum atomic E-state index is -0.000147. The molecule has 5 nitrogen and oxygen atoms in total. The first-order valence-corrected chi connectivity index (χ1v) is 9.02. The fraction of sp³-hybridized carbons (Fsp3) is 0.579. The molecule has 2 aliphatic carbocycles. The zero-order chi connectivity index (χ0) is 16.5. The number of hydrogen-bond acceptors (Lipinski definition) is 3. The normalized spacial score (nSPS) is 26.0. The highest BCUT2D eigenvalue weighted by molar-refractivity contribution is 5.78. The summed E-state index contributed by atoms with van der Waals surface area (Å²) in [6.07, 6.45) is 6.34. The standard InChI is InChI=1S/C19H25N3O2/c1-12-4-2-7-16-19(12)22-17(20-16)10-24-11-18(23)21-15-9-8-13-5-3-6-14(13)15/h2,4,7,13-15H,3,5-6,8-11H2,1H3,(H,20,22)(H,21,23)/t13-,14-,15-/m0/s1. The number of rotatable bonds is 5. The molecule has 0 saturated heterocycles. The molecule has 5 heteroatoms. The summed E-state index contributed by atoms with van der Waals surface area (Å²) < 4.78 is 5.57. The number of carbonyl (C=O) groups is 1. The van der Waals surface area contributed by atoms with Crippen LogP contribution in [0.15, 0.2) is 18.2 Å². The van der Waals surface area contributed by atoms with E-state index in [4.69, 9.17) is 4.74 Å². The molecule has 3 atom stereocenters. The SMILES string of the molecule is Cc1cccc2[nH]c(COCC(=O)N[C@H]3CC[C@@H]4CCC[C@@H]43)nc12. The van der Waals surface area contributed by atoms with Crippen LogP contribution in [-0.4, -0.2) is 28.5 Å². The predicted molar refractivity (Wildman–Crippen MR) is 92.5 cm³/mol. The molecule has 1 aromatic carbocycles. The number of carbonyl (C=O) groups excluding carboxylic acids is 1. The second kappa shape index (κ2) is 6.55. The molecule has 2 N–H and O–H groups in total. The lowest BCUT2D eigenvalue weighted by molar-refractivity contribution is -0.127. The number of aryl methyl sites for hydroxylation is 1. The summed E-state index contributed by atoms with van der Waals surface area (Å²) in [5.41, 5.74) is 3.12. The van der Waals surface area contributed by atoms with Gasteiger partial charge in [0.25, 0.3) is 0 Å². The number of fused-ring (bicyclic) bond motifs is 2. The van der Waals surface area contributed by atoms with Crippen molar-refractivity contribution in [3.05, 3.63) is 29.6 Å². The van der Waals surface area contributed by atoms with Crippen LogP contribution in [0.2, 0.25) is 0 Å². The first kappa shape index (κ1) is 15.6. The van der Waals surface area contributed by atoms with Gasteiger partial charge in [-0.2, -0.15) is 0 Å². The summed E-state index contributed by atoms with van der Waals surface area (Å²) in [4.78, 5) is 19.9. The van der Waals surface area contributed by atoms with Gasteiger partial charge in [0, 0.05) is 6.04 Å². The van der Waals surface area contributed by atoms with Crippen molar-refractivity contribution in [2.24, 2.45) is 11.8 Å². The van der Waals surface area contributed by atoms with E-state index in [1.807, 2.05) is 25.1 Å². The summed E-state index contributed by atoms with van der Waals surface area (Å²) in [6.45, 7) is 2.47.